The van der Waals surface area contributed by atoms with Gasteiger partial charge in [-0.2, -0.15) is 5.10 Å². The number of hydrogen-bond donors (Lipinski definition) is 2. The molecule has 0 aliphatic carbocycles. The van der Waals surface area contributed by atoms with E-state index in [1.807, 2.05) is 82.3 Å². The van der Waals surface area contributed by atoms with Gasteiger partial charge in [-0.1, -0.05) is 80.4 Å². The summed E-state index contributed by atoms with van der Waals surface area (Å²) in [5.74, 6) is 1.20. The summed E-state index contributed by atoms with van der Waals surface area (Å²) in [5, 5.41) is 10.8. The molecule has 3 amide bonds. The fraction of sp³-hybridized carbons (Fsp3) is 0.400. The zero-order chi connectivity index (χ0) is 31.9. The monoisotopic (exact) mass is 610 g/mol. The Morgan fingerprint density at radius 1 is 0.978 bits per heavy atom. The van der Waals surface area contributed by atoms with Gasteiger partial charge in [0.05, 0.1) is 12.6 Å². The molecule has 2 aromatic heterocycles. The third-order valence-corrected chi connectivity index (χ3v) is 8.38. The van der Waals surface area contributed by atoms with Gasteiger partial charge in [-0.15, -0.1) is 0 Å². The van der Waals surface area contributed by atoms with E-state index in [0.717, 1.165) is 16.7 Å². The first-order valence-corrected chi connectivity index (χ1v) is 15.7. The summed E-state index contributed by atoms with van der Waals surface area (Å²) in [7, 11) is 0. The number of nitrogens with zero attached hydrogens (tertiary/aromatic N) is 4. The van der Waals surface area contributed by atoms with Gasteiger partial charge in [0.2, 0.25) is 11.8 Å². The van der Waals surface area contributed by atoms with Crippen LogP contribution in [0.15, 0.2) is 71.1 Å². The molecule has 4 aromatic rings. The van der Waals surface area contributed by atoms with E-state index in [4.69, 9.17) is 9.40 Å². The van der Waals surface area contributed by atoms with E-state index in [0.29, 0.717) is 56.3 Å². The minimum absolute atomic E-state index is 0.0846. The van der Waals surface area contributed by atoms with Crippen molar-refractivity contribution >= 4 is 17.7 Å². The molecule has 5 rings (SSSR count). The Balaban J connectivity index is 1.45. The molecule has 2 N–H and O–H groups in total. The minimum Gasteiger partial charge on any atom is -0.451 e. The topological polar surface area (TPSA) is 122 Å². The molecule has 0 unspecified atom stereocenters. The molecule has 1 aliphatic rings. The number of aryl methyl sites for hydroxylation is 2. The van der Waals surface area contributed by atoms with E-state index in [1.165, 1.54) is 0 Å². The molecule has 0 radical (unpaired) electrons. The normalized spacial score (nSPS) is 18.8. The van der Waals surface area contributed by atoms with Crippen molar-refractivity contribution in [2.45, 2.75) is 72.0 Å². The van der Waals surface area contributed by atoms with Crippen molar-refractivity contribution in [2.75, 3.05) is 13.1 Å². The first-order valence-electron chi connectivity index (χ1n) is 15.7. The number of carbonyl (C=O) groups excluding carboxylic acids is 3. The van der Waals surface area contributed by atoms with Crippen molar-refractivity contribution in [1.29, 1.82) is 0 Å². The zero-order valence-corrected chi connectivity index (χ0v) is 26.5. The number of nitrogens with one attached hydrogen (secondary N) is 2. The summed E-state index contributed by atoms with van der Waals surface area (Å²) in [4.78, 5) is 47.0. The lowest BCUT2D eigenvalue weighted by Gasteiger charge is -2.28. The van der Waals surface area contributed by atoms with Crippen molar-refractivity contribution in [3.63, 3.8) is 0 Å². The van der Waals surface area contributed by atoms with E-state index in [2.05, 4.69) is 15.7 Å². The second-order valence-electron chi connectivity index (χ2n) is 11.8. The zero-order valence-electron chi connectivity index (χ0n) is 26.5. The van der Waals surface area contributed by atoms with Crippen LogP contribution in [0.5, 0.6) is 0 Å². The average molecular weight is 611 g/mol. The number of hydrogen-bond acceptors (Lipinski definition) is 6. The van der Waals surface area contributed by atoms with Gasteiger partial charge in [-0.3, -0.25) is 14.4 Å². The minimum atomic E-state index is -0.706. The smallest absolute Gasteiger partial charge is 0.289 e. The summed E-state index contributed by atoms with van der Waals surface area (Å²) in [5.41, 5.74) is 3.06. The molecule has 0 fully saturated rings. The first kappa shape index (κ1) is 31.7. The highest BCUT2D eigenvalue weighted by Gasteiger charge is 2.31. The van der Waals surface area contributed by atoms with Crippen molar-refractivity contribution in [3.05, 3.63) is 95.3 Å². The van der Waals surface area contributed by atoms with Crippen LogP contribution in [0.2, 0.25) is 0 Å². The Labute approximate surface area is 264 Å². The van der Waals surface area contributed by atoms with E-state index < -0.39 is 12.1 Å². The molecule has 0 saturated carbocycles. The van der Waals surface area contributed by atoms with Gasteiger partial charge in [0, 0.05) is 25.1 Å². The van der Waals surface area contributed by atoms with Crippen molar-refractivity contribution in [2.24, 2.45) is 5.92 Å². The lowest BCUT2D eigenvalue weighted by molar-refractivity contribution is -0.130. The van der Waals surface area contributed by atoms with Gasteiger partial charge in [-0.05, 0) is 50.3 Å². The first-order chi connectivity index (χ1) is 21.7. The Morgan fingerprint density at radius 3 is 2.47 bits per heavy atom. The van der Waals surface area contributed by atoms with E-state index in [1.54, 1.807) is 21.7 Å². The van der Waals surface area contributed by atoms with Crippen molar-refractivity contribution in [1.82, 2.24) is 30.3 Å². The van der Waals surface area contributed by atoms with Crippen LogP contribution < -0.4 is 10.6 Å². The van der Waals surface area contributed by atoms with E-state index in [-0.39, 0.29) is 35.8 Å². The third kappa shape index (κ3) is 7.87. The molecule has 0 spiro atoms. The maximum atomic E-state index is 13.8. The van der Waals surface area contributed by atoms with E-state index >= 15 is 0 Å². The molecule has 10 nitrogen and oxygen atoms in total. The summed E-state index contributed by atoms with van der Waals surface area (Å²) in [6, 6.07) is 20.1. The highest BCUT2D eigenvalue weighted by atomic mass is 16.4. The summed E-state index contributed by atoms with van der Waals surface area (Å²) >= 11 is 0. The van der Waals surface area contributed by atoms with Crippen LogP contribution in [0.3, 0.4) is 0 Å². The van der Waals surface area contributed by atoms with Gasteiger partial charge in [0.1, 0.15) is 23.5 Å². The molecule has 3 heterocycles. The predicted octanol–water partition coefficient (Wildman–Crippen LogP) is 5.02. The molecule has 1 aliphatic heterocycles. The molecule has 2 aromatic carbocycles. The quantitative estimate of drug-likeness (QED) is 0.316. The molecule has 0 bridgehead atoms. The summed E-state index contributed by atoms with van der Waals surface area (Å²) < 4.78 is 7.81. The van der Waals surface area contributed by atoms with Crippen LogP contribution in [0, 0.1) is 19.8 Å². The fourth-order valence-electron chi connectivity index (χ4n) is 5.60. The van der Waals surface area contributed by atoms with Gasteiger partial charge >= 0.3 is 0 Å². The van der Waals surface area contributed by atoms with Gasteiger partial charge < -0.3 is 20.0 Å². The number of furan rings is 1. The summed E-state index contributed by atoms with van der Waals surface area (Å²) in [6.07, 6.45) is 1.81. The third-order valence-electron chi connectivity index (χ3n) is 8.38. The second-order valence-corrected chi connectivity index (χ2v) is 11.8. The standard InChI is InChI=1S/C35H42N6O4/c1-5-24(3)32-34(43)37-28(22-26-10-7-6-8-11-26)33-36-25(4)39-41(33)21-20-40(19-9-12-31(42)38-32)35(44)30-18-17-29(45-30)27-15-13-23(2)14-16-27/h6-8,10-11,13-18,24,28,32H,5,9,12,19-22H2,1-4H3,(H,37,43)(H,38,42)/t24-,28-,32-/m0/s1. The Kier molecular flexibility index (Phi) is 10.1. The number of rotatable bonds is 6. The second kappa shape index (κ2) is 14.4. The number of fused-ring (bicyclic) bond motifs is 1. The molecule has 236 valence electrons. The predicted molar refractivity (Wildman–Crippen MR) is 171 cm³/mol. The van der Waals surface area contributed by atoms with E-state index in [9.17, 15) is 14.4 Å². The van der Waals surface area contributed by atoms with Gasteiger partial charge in [-0.25, -0.2) is 9.67 Å². The Morgan fingerprint density at radius 2 is 1.73 bits per heavy atom. The number of amides is 3. The molecule has 45 heavy (non-hydrogen) atoms. The molecular formula is C35H42N6O4. The maximum absolute atomic E-state index is 13.8. The SMILES string of the molecule is CC[C@H](C)[C@@H]1NC(=O)CCCN(C(=O)c2ccc(-c3ccc(C)cc3)o2)CCn2nc(C)nc2[C@H](Cc2ccccc2)NC1=O. The Hall–Kier alpha value is -4.73. The molecule has 0 saturated heterocycles. The highest BCUT2D eigenvalue weighted by Crippen LogP contribution is 2.24. The van der Waals surface area contributed by atoms with Crippen molar-refractivity contribution in [3.8, 4) is 11.3 Å². The van der Waals surface area contributed by atoms with Crippen molar-refractivity contribution < 1.29 is 18.8 Å². The van der Waals surface area contributed by atoms with Crippen LogP contribution in [-0.2, 0) is 22.6 Å². The van der Waals surface area contributed by atoms with Crippen LogP contribution in [0.25, 0.3) is 11.3 Å². The lowest BCUT2D eigenvalue weighted by Crippen LogP contribution is -2.51. The van der Waals surface area contributed by atoms with Crippen LogP contribution in [0.1, 0.15) is 72.5 Å². The number of carbonyl (C=O) groups is 3. The van der Waals surface area contributed by atoms with Crippen LogP contribution in [-0.4, -0.2) is 56.5 Å². The number of aromatic nitrogens is 3. The van der Waals surface area contributed by atoms with Crippen LogP contribution in [0.4, 0.5) is 0 Å². The highest BCUT2D eigenvalue weighted by molar-refractivity contribution is 5.92. The molecule has 3 atom stereocenters. The lowest BCUT2D eigenvalue weighted by atomic mass is 9.97. The molecule has 10 heteroatoms. The van der Waals surface area contributed by atoms with Gasteiger partial charge in [0.15, 0.2) is 5.76 Å². The largest absolute Gasteiger partial charge is 0.451 e. The Bertz CT molecular complexity index is 1610. The number of benzene rings is 2. The fourth-order valence-corrected chi connectivity index (χ4v) is 5.60. The maximum Gasteiger partial charge on any atom is 0.289 e. The molecular weight excluding hydrogens is 568 g/mol. The van der Waals surface area contributed by atoms with Crippen LogP contribution >= 0.6 is 0 Å². The summed E-state index contributed by atoms with van der Waals surface area (Å²) in [6.45, 7) is 8.81. The average Bonchev–Trinajstić information content (AvgIpc) is 3.68. The van der Waals surface area contributed by atoms with Gasteiger partial charge in [0.25, 0.3) is 5.91 Å².